The van der Waals surface area contributed by atoms with Crippen molar-refractivity contribution >= 4 is 35.0 Å². The summed E-state index contributed by atoms with van der Waals surface area (Å²) < 4.78 is 5.03. The summed E-state index contributed by atoms with van der Waals surface area (Å²) in [5.74, 6) is -1.29. The molecule has 1 aliphatic rings. The van der Waals surface area contributed by atoms with Gasteiger partial charge in [0.15, 0.2) is 5.76 Å². The van der Waals surface area contributed by atoms with Crippen molar-refractivity contribution in [2.45, 2.75) is 6.42 Å². The summed E-state index contributed by atoms with van der Waals surface area (Å²) in [7, 11) is 0. The average molecular weight is 403 g/mol. The lowest BCUT2D eigenvalue weighted by molar-refractivity contribution is -0.116. The van der Waals surface area contributed by atoms with E-state index in [4.69, 9.17) is 4.42 Å². The van der Waals surface area contributed by atoms with Crippen LogP contribution in [-0.2, 0) is 4.79 Å². The van der Waals surface area contributed by atoms with Gasteiger partial charge in [-0.1, -0.05) is 12.1 Å². The Balaban J connectivity index is 1.30. The van der Waals surface area contributed by atoms with Gasteiger partial charge in [0.2, 0.25) is 5.91 Å². The number of hydrogen-bond acceptors (Lipinski definition) is 5. The van der Waals surface area contributed by atoms with E-state index >= 15 is 0 Å². The summed E-state index contributed by atoms with van der Waals surface area (Å²) in [6, 6.07) is 16.3. The standard InChI is InChI=1S/C22H17N3O5/c26-19(11-12-25-21(28)16-4-1-2-5-17(16)22(25)29)23-14-7-9-15(10-8-14)24-20(27)18-6-3-13-30-18/h1-10,13H,11-12H2,(H,23,26)(H,24,27). The van der Waals surface area contributed by atoms with Crippen LogP contribution in [0.3, 0.4) is 0 Å². The number of anilines is 2. The second-order valence-electron chi connectivity index (χ2n) is 6.61. The van der Waals surface area contributed by atoms with Gasteiger partial charge in [0, 0.05) is 24.3 Å². The minimum absolute atomic E-state index is 0.00450. The molecule has 0 bridgehead atoms. The molecular weight excluding hydrogens is 386 g/mol. The van der Waals surface area contributed by atoms with Crippen LogP contribution in [0.1, 0.15) is 37.7 Å². The predicted octanol–water partition coefficient (Wildman–Crippen LogP) is 3.16. The van der Waals surface area contributed by atoms with Crippen LogP contribution < -0.4 is 10.6 Å². The first-order valence-electron chi connectivity index (χ1n) is 9.23. The highest BCUT2D eigenvalue weighted by molar-refractivity contribution is 6.21. The molecule has 4 rings (SSSR count). The molecule has 0 atom stereocenters. The molecule has 2 aromatic carbocycles. The molecule has 0 fully saturated rings. The van der Waals surface area contributed by atoms with Gasteiger partial charge < -0.3 is 15.1 Å². The van der Waals surface area contributed by atoms with Gasteiger partial charge in [0.05, 0.1) is 17.4 Å². The van der Waals surface area contributed by atoms with Gasteiger partial charge in [-0.25, -0.2) is 0 Å². The zero-order chi connectivity index (χ0) is 21.1. The Labute approximate surface area is 171 Å². The molecule has 0 saturated carbocycles. The molecule has 2 heterocycles. The number of fused-ring (bicyclic) bond motifs is 1. The maximum atomic E-state index is 12.3. The average Bonchev–Trinajstić information content (AvgIpc) is 3.37. The van der Waals surface area contributed by atoms with E-state index in [0.29, 0.717) is 22.5 Å². The van der Waals surface area contributed by atoms with Crippen molar-refractivity contribution in [3.05, 3.63) is 83.8 Å². The van der Waals surface area contributed by atoms with Crippen LogP contribution in [0.4, 0.5) is 11.4 Å². The van der Waals surface area contributed by atoms with Crippen LogP contribution in [0.15, 0.2) is 71.3 Å². The third-order valence-electron chi connectivity index (χ3n) is 4.61. The minimum atomic E-state index is -0.389. The number of hydrogen-bond donors (Lipinski definition) is 2. The fourth-order valence-electron chi connectivity index (χ4n) is 3.12. The summed E-state index contributed by atoms with van der Waals surface area (Å²) in [5.41, 5.74) is 1.78. The van der Waals surface area contributed by atoms with E-state index in [1.54, 1.807) is 60.7 Å². The first-order chi connectivity index (χ1) is 14.5. The van der Waals surface area contributed by atoms with E-state index < -0.39 is 0 Å². The summed E-state index contributed by atoms with van der Waals surface area (Å²) >= 11 is 0. The van der Waals surface area contributed by atoms with Crippen molar-refractivity contribution in [3.8, 4) is 0 Å². The number of benzene rings is 2. The van der Waals surface area contributed by atoms with Gasteiger partial charge in [-0.05, 0) is 48.5 Å². The molecule has 0 unspecified atom stereocenters. The molecule has 8 heteroatoms. The fourth-order valence-corrected chi connectivity index (χ4v) is 3.12. The van der Waals surface area contributed by atoms with Crippen molar-refractivity contribution in [1.29, 1.82) is 0 Å². The number of nitrogens with one attached hydrogen (secondary N) is 2. The quantitative estimate of drug-likeness (QED) is 0.615. The van der Waals surface area contributed by atoms with E-state index in [1.807, 2.05) is 0 Å². The monoisotopic (exact) mass is 403 g/mol. The molecule has 8 nitrogen and oxygen atoms in total. The number of imide groups is 1. The van der Waals surface area contributed by atoms with Crippen molar-refractivity contribution in [2.75, 3.05) is 17.2 Å². The van der Waals surface area contributed by atoms with Crippen molar-refractivity contribution in [2.24, 2.45) is 0 Å². The van der Waals surface area contributed by atoms with Gasteiger partial charge in [-0.15, -0.1) is 0 Å². The molecule has 0 radical (unpaired) electrons. The zero-order valence-corrected chi connectivity index (χ0v) is 15.8. The molecule has 3 aromatic rings. The summed E-state index contributed by atoms with van der Waals surface area (Å²) in [6.45, 7) is -0.00450. The highest BCUT2D eigenvalue weighted by Gasteiger charge is 2.34. The zero-order valence-electron chi connectivity index (χ0n) is 15.8. The molecule has 30 heavy (non-hydrogen) atoms. The first kappa shape index (κ1) is 19.1. The van der Waals surface area contributed by atoms with Crippen LogP contribution in [0.2, 0.25) is 0 Å². The second-order valence-corrected chi connectivity index (χ2v) is 6.61. The lowest BCUT2D eigenvalue weighted by Gasteiger charge is -2.13. The van der Waals surface area contributed by atoms with E-state index in [9.17, 15) is 19.2 Å². The van der Waals surface area contributed by atoms with Crippen LogP contribution in [0.25, 0.3) is 0 Å². The second kappa shape index (κ2) is 8.04. The molecule has 4 amide bonds. The van der Waals surface area contributed by atoms with Crippen LogP contribution in [-0.4, -0.2) is 35.1 Å². The third kappa shape index (κ3) is 3.83. The van der Waals surface area contributed by atoms with Crippen molar-refractivity contribution in [3.63, 3.8) is 0 Å². The minimum Gasteiger partial charge on any atom is -0.459 e. The van der Waals surface area contributed by atoms with Crippen LogP contribution in [0, 0.1) is 0 Å². The lowest BCUT2D eigenvalue weighted by atomic mass is 10.1. The normalized spacial score (nSPS) is 12.6. The molecular formula is C22H17N3O5. The highest BCUT2D eigenvalue weighted by atomic mass is 16.3. The van der Waals surface area contributed by atoms with Crippen LogP contribution in [0.5, 0.6) is 0 Å². The smallest absolute Gasteiger partial charge is 0.291 e. The van der Waals surface area contributed by atoms with Gasteiger partial charge in [-0.2, -0.15) is 0 Å². The van der Waals surface area contributed by atoms with Gasteiger partial charge in [0.25, 0.3) is 17.7 Å². The van der Waals surface area contributed by atoms with Gasteiger partial charge >= 0.3 is 0 Å². The Morgan fingerprint density at radius 3 is 1.97 bits per heavy atom. The van der Waals surface area contributed by atoms with Gasteiger partial charge in [0.1, 0.15) is 0 Å². The Morgan fingerprint density at radius 2 is 1.40 bits per heavy atom. The Kier molecular flexibility index (Phi) is 5.13. The van der Waals surface area contributed by atoms with E-state index in [-0.39, 0.29) is 42.4 Å². The Bertz CT molecular complexity index is 1080. The number of carbonyl (C=O) groups excluding carboxylic acids is 4. The molecule has 0 saturated heterocycles. The van der Waals surface area contributed by atoms with Crippen LogP contribution >= 0.6 is 0 Å². The molecule has 150 valence electrons. The number of amides is 4. The summed E-state index contributed by atoms with van der Waals surface area (Å²) in [6.07, 6.45) is 1.39. The van der Waals surface area contributed by atoms with E-state index in [1.165, 1.54) is 6.26 Å². The largest absolute Gasteiger partial charge is 0.459 e. The Morgan fingerprint density at radius 1 is 0.800 bits per heavy atom. The van der Waals surface area contributed by atoms with Gasteiger partial charge in [-0.3, -0.25) is 24.1 Å². The summed E-state index contributed by atoms with van der Waals surface area (Å²) in [5, 5.41) is 5.38. The molecule has 1 aromatic heterocycles. The summed E-state index contributed by atoms with van der Waals surface area (Å²) in [4.78, 5) is 49.9. The molecule has 0 aliphatic carbocycles. The van der Waals surface area contributed by atoms with E-state index in [2.05, 4.69) is 10.6 Å². The Hall–Kier alpha value is -4.20. The SMILES string of the molecule is O=C(CCN1C(=O)c2ccccc2C1=O)Nc1ccc(NC(=O)c2ccco2)cc1. The third-order valence-corrected chi connectivity index (χ3v) is 4.61. The number of nitrogens with zero attached hydrogens (tertiary/aromatic N) is 1. The molecule has 1 aliphatic heterocycles. The van der Waals surface area contributed by atoms with Crippen molar-refractivity contribution in [1.82, 2.24) is 4.90 Å². The highest BCUT2D eigenvalue weighted by Crippen LogP contribution is 2.22. The number of rotatable bonds is 6. The van der Waals surface area contributed by atoms with E-state index in [0.717, 1.165) is 4.90 Å². The molecule has 0 spiro atoms. The fraction of sp³-hybridized carbons (Fsp3) is 0.0909. The topological polar surface area (TPSA) is 109 Å². The number of carbonyl (C=O) groups is 4. The molecule has 2 N–H and O–H groups in total. The van der Waals surface area contributed by atoms with Crippen molar-refractivity contribution < 1.29 is 23.6 Å². The maximum absolute atomic E-state index is 12.3. The predicted molar refractivity (Wildman–Crippen MR) is 108 cm³/mol. The first-order valence-corrected chi connectivity index (χ1v) is 9.23. The number of furan rings is 1. The maximum Gasteiger partial charge on any atom is 0.291 e. The lowest BCUT2D eigenvalue weighted by Crippen LogP contribution is -2.32.